The first kappa shape index (κ1) is 19.1. The van der Waals surface area contributed by atoms with Crippen molar-refractivity contribution in [3.8, 4) is 0 Å². The van der Waals surface area contributed by atoms with Crippen molar-refractivity contribution in [2.24, 2.45) is 5.41 Å². The molecule has 0 unspecified atom stereocenters. The van der Waals surface area contributed by atoms with Crippen molar-refractivity contribution in [2.45, 2.75) is 46.4 Å². The topological polar surface area (TPSA) is 50.6 Å². The fourth-order valence-corrected chi connectivity index (χ4v) is 4.82. The molecule has 0 heterocycles. The fraction of sp³-hybridized carbons (Fsp3) is 0.647. The summed E-state index contributed by atoms with van der Waals surface area (Å²) in [6.45, 7) is 13.2. The molecule has 1 aromatic carbocycles. The molecular weight excluding hydrogens is 296 g/mol. The van der Waals surface area contributed by atoms with E-state index in [1.165, 1.54) is 4.90 Å². The zero-order valence-corrected chi connectivity index (χ0v) is 16.0. The van der Waals surface area contributed by atoms with E-state index >= 15 is 0 Å². The minimum absolute atomic E-state index is 0.0907. The van der Waals surface area contributed by atoms with Gasteiger partial charge in [-0.2, -0.15) is 0 Å². The van der Waals surface area contributed by atoms with Crippen molar-refractivity contribution in [1.29, 1.82) is 0 Å². The molecule has 1 rings (SSSR count). The van der Waals surface area contributed by atoms with Crippen molar-refractivity contribution in [2.75, 3.05) is 27.2 Å². The summed E-state index contributed by atoms with van der Waals surface area (Å²) in [5, 5.41) is 0. The van der Waals surface area contributed by atoms with Gasteiger partial charge in [-0.15, -0.1) is 0 Å². The number of rotatable bonds is 6. The lowest BCUT2D eigenvalue weighted by atomic mass is 9.93. The van der Waals surface area contributed by atoms with Gasteiger partial charge in [0.25, 0.3) is 0 Å². The maximum absolute atomic E-state index is 12.8. The predicted molar refractivity (Wildman–Crippen MR) is 92.0 cm³/mol. The van der Waals surface area contributed by atoms with Gasteiger partial charge < -0.3 is 4.90 Å². The summed E-state index contributed by atoms with van der Waals surface area (Å²) in [7, 11) is 0.661. The summed E-state index contributed by atoms with van der Waals surface area (Å²) in [4.78, 5) is 1.75. The number of benzene rings is 1. The molecular formula is C17H31N2O2S+. The third-order valence-corrected chi connectivity index (χ3v) is 5.81. The highest BCUT2D eigenvalue weighted by molar-refractivity contribution is 7.89. The van der Waals surface area contributed by atoms with Crippen molar-refractivity contribution in [3.63, 3.8) is 0 Å². The molecule has 22 heavy (non-hydrogen) atoms. The zero-order chi connectivity index (χ0) is 17.3. The third kappa shape index (κ3) is 4.54. The van der Waals surface area contributed by atoms with Crippen molar-refractivity contribution in [1.82, 2.24) is 4.72 Å². The summed E-state index contributed by atoms with van der Waals surface area (Å²) < 4.78 is 28.4. The number of sulfonamides is 1. The molecule has 0 aliphatic carbocycles. The van der Waals surface area contributed by atoms with Crippen LogP contribution >= 0.6 is 0 Å². The van der Waals surface area contributed by atoms with Crippen molar-refractivity contribution in [3.05, 3.63) is 28.3 Å². The van der Waals surface area contributed by atoms with Gasteiger partial charge in [-0.1, -0.05) is 19.9 Å². The summed E-state index contributed by atoms with van der Waals surface area (Å²) in [5.41, 5.74) is 3.62. The van der Waals surface area contributed by atoms with Crippen LogP contribution in [0, 0.1) is 33.1 Å². The average Bonchev–Trinajstić information content (AvgIpc) is 2.33. The molecule has 0 spiro atoms. The van der Waals surface area contributed by atoms with Crippen molar-refractivity contribution >= 4 is 10.0 Å². The number of quaternary nitrogens is 1. The minimum atomic E-state index is -3.49. The van der Waals surface area contributed by atoms with Crippen LogP contribution in [0.2, 0.25) is 0 Å². The molecule has 5 heteroatoms. The van der Waals surface area contributed by atoms with E-state index in [1.807, 2.05) is 33.8 Å². The van der Waals surface area contributed by atoms with E-state index in [-0.39, 0.29) is 5.41 Å². The molecule has 2 N–H and O–H groups in total. The van der Waals surface area contributed by atoms with Gasteiger partial charge >= 0.3 is 0 Å². The molecule has 0 radical (unpaired) electrons. The van der Waals surface area contributed by atoms with Crippen LogP contribution in [0.5, 0.6) is 0 Å². The second-order valence-electron chi connectivity index (χ2n) is 7.46. The van der Waals surface area contributed by atoms with Crippen LogP contribution in [0.25, 0.3) is 0 Å². The van der Waals surface area contributed by atoms with Gasteiger partial charge in [0.15, 0.2) is 0 Å². The average molecular weight is 328 g/mol. The van der Waals surface area contributed by atoms with E-state index in [0.29, 0.717) is 11.4 Å². The zero-order valence-electron chi connectivity index (χ0n) is 15.2. The molecule has 0 amide bonds. The number of hydrogen-bond acceptors (Lipinski definition) is 2. The number of nitrogens with one attached hydrogen (secondary N) is 2. The van der Waals surface area contributed by atoms with Crippen LogP contribution in [-0.2, 0) is 10.0 Å². The maximum Gasteiger partial charge on any atom is 0.241 e. The Morgan fingerprint density at radius 3 is 1.91 bits per heavy atom. The van der Waals surface area contributed by atoms with Crippen LogP contribution in [-0.4, -0.2) is 35.6 Å². The molecule has 126 valence electrons. The first-order valence-electron chi connectivity index (χ1n) is 7.73. The summed E-state index contributed by atoms with van der Waals surface area (Å²) >= 11 is 0. The quantitative estimate of drug-likeness (QED) is 0.829. The van der Waals surface area contributed by atoms with Gasteiger partial charge in [0.2, 0.25) is 10.0 Å². The second kappa shape index (κ2) is 6.69. The summed E-state index contributed by atoms with van der Waals surface area (Å²) in [5.74, 6) is 0. The van der Waals surface area contributed by atoms with Gasteiger partial charge in [0.1, 0.15) is 0 Å². The van der Waals surface area contributed by atoms with E-state index in [2.05, 4.69) is 32.7 Å². The lowest BCUT2D eigenvalue weighted by Gasteiger charge is -2.26. The standard InChI is InChI=1S/C17H30N2O2S/c1-12-9-13(2)15(4)16(14(12)3)22(20,21)18-10-17(5,6)11-19(7)8/h9,18H,10-11H2,1-8H3/p+1. The van der Waals surface area contributed by atoms with Crippen LogP contribution < -0.4 is 9.62 Å². The Bertz CT molecular complexity index is 621. The molecule has 0 fully saturated rings. The Kier molecular flexibility index (Phi) is 5.82. The smallest absolute Gasteiger partial charge is 0.241 e. The largest absolute Gasteiger partial charge is 0.339 e. The molecule has 0 saturated carbocycles. The lowest BCUT2D eigenvalue weighted by Crippen LogP contribution is -3.07. The molecule has 0 aliphatic heterocycles. The third-order valence-electron chi connectivity index (χ3n) is 4.14. The van der Waals surface area contributed by atoms with Gasteiger partial charge in [-0.05, 0) is 49.9 Å². The van der Waals surface area contributed by atoms with Crippen molar-refractivity contribution < 1.29 is 13.3 Å². The van der Waals surface area contributed by atoms with Crippen LogP contribution in [0.1, 0.15) is 36.1 Å². The van der Waals surface area contributed by atoms with E-state index in [1.54, 1.807) is 0 Å². The van der Waals surface area contributed by atoms with Gasteiger partial charge in [0, 0.05) is 12.0 Å². The second-order valence-corrected chi connectivity index (χ2v) is 9.17. The normalized spacial score (nSPS) is 13.0. The highest BCUT2D eigenvalue weighted by atomic mass is 32.2. The molecule has 4 nitrogen and oxygen atoms in total. The van der Waals surface area contributed by atoms with Gasteiger partial charge in [-0.3, -0.25) is 0 Å². The lowest BCUT2D eigenvalue weighted by molar-refractivity contribution is -0.865. The molecule has 0 aliphatic rings. The fourth-order valence-electron chi connectivity index (χ4n) is 2.97. The Morgan fingerprint density at radius 2 is 1.50 bits per heavy atom. The highest BCUT2D eigenvalue weighted by Gasteiger charge is 2.27. The summed E-state index contributed by atoms with van der Waals surface area (Å²) in [6, 6.07) is 2.04. The molecule has 0 aromatic heterocycles. The molecule has 0 atom stereocenters. The van der Waals surface area contributed by atoms with E-state index < -0.39 is 10.0 Å². The molecule has 0 bridgehead atoms. The Morgan fingerprint density at radius 1 is 1.05 bits per heavy atom. The van der Waals surface area contributed by atoms with E-state index in [0.717, 1.165) is 28.8 Å². The molecule has 0 saturated heterocycles. The molecule has 1 aromatic rings. The highest BCUT2D eigenvalue weighted by Crippen LogP contribution is 2.26. The maximum atomic E-state index is 12.8. The van der Waals surface area contributed by atoms with Crippen LogP contribution in [0.15, 0.2) is 11.0 Å². The Balaban J connectivity index is 3.12. The Labute approximate surface area is 136 Å². The van der Waals surface area contributed by atoms with Crippen LogP contribution in [0.4, 0.5) is 0 Å². The number of hydrogen-bond donors (Lipinski definition) is 2. The van der Waals surface area contributed by atoms with E-state index in [4.69, 9.17) is 0 Å². The first-order chi connectivity index (χ1) is 9.87. The summed E-state index contributed by atoms with van der Waals surface area (Å²) in [6.07, 6.45) is 0. The number of aryl methyl sites for hydroxylation is 2. The van der Waals surface area contributed by atoms with Gasteiger partial charge in [0.05, 0.1) is 25.5 Å². The van der Waals surface area contributed by atoms with Gasteiger partial charge in [-0.25, -0.2) is 13.1 Å². The Hall–Kier alpha value is -0.910. The first-order valence-corrected chi connectivity index (χ1v) is 9.22. The SMILES string of the molecule is Cc1cc(C)c(C)c(S(=O)(=O)NCC(C)(C)C[NH+](C)C)c1C. The monoisotopic (exact) mass is 327 g/mol. The van der Waals surface area contributed by atoms with E-state index in [9.17, 15) is 8.42 Å². The minimum Gasteiger partial charge on any atom is -0.339 e. The predicted octanol–water partition coefficient (Wildman–Crippen LogP) is 1.37. The van der Waals surface area contributed by atoms with Crippen LogP contribution in [0.3, 0.4) is 0 Å².